The van der Waals surface area contributed by atoms with Gasteiger partial charge in [0.25, 0.3) is 0 Å². The van der Waals surface area contributed by atoms with Gasteiger partial charge in [0.15, 0.2) is 0 Å². The summed E-state index contributed by atoms with van der Waals surface area (Å²) in [6.45, 7) is 15.0. The van der Waals surface area contributed by atoms with Crippen LogP contribution in [0.15, 0.2) is 0 Å². The smallest absolute Gasteiger partial charge is 0.0110 e. The Morgan fingerprint density at radius 1 is 1.33 bits per heavy atom. The van der Waals surface area contributed by atoms with E-state index in [4.69, 9.17) is 0 Å². The van der Waals surface area contributed by atoms with Gasteiger partial charge >= 0.3 is 0 Å². The summed E-state index contributed by atoms with van der Waals surface area (Å²) in [4.78, 5) is 2.60. The molecule has 1 aliphatic rings. The van der Waals surface area contributed by atoms with Crippen LogP contribution in [-0.2, 0) is 0 Å². The van der Waals surface area contributed by atoms with Crippen LogP contribution in [0.25, 0.3) is 0 Å². The summed E-state index contributed by atoms with van der Waals surface area (Å²) in [7, 11) is 0. The van der Waals surface area contributed by atoms with Crippen molar-refractivity contribution in [2.75, 3.05) is 19.6 Å². The monoisotopic (exact) mass is 212 g/mol. The second-order valence-corrected chi connectivity index (χ2v) is 5.90. The van der Waals surface area contributed by atoms with Gasteiger partial charge in [-0.1, -0.05) is 27.7 Å². The molecule has 0 bridgehead atoms. The van der Waals surface area contributed by atoms with Gasteiger partial charge in [-0.05, 0) is 31.7 Å². The highest BCUT2D eigenvalue weighted by Gasteiger charge is 2.27. The molecule has 0 aromatic rings. The minimum absolute atomic E-state index is 0.372. The number of nitrogens with one attached hydrogen (secondary N) is 1. The lowest BCUT2D eigenvalue weighted by Crippen LogP contribution is -2.42. The summed E-state index contributed by atoms with van der Waals surface area (Å²) >= 11 is 0. The van der Waals surface area contributed by atoms with Crippen molar-refractivity contribution in [3.63, 3.8) is 0 Å². The molecule has 15 heavy (non-hydrogen) atoms. The van der Waals surface area contributed by atoms with Gasteiger partial charge in [-0.15, -0.1) is 0 Å². The number of nitrogens with zero attached hydrogens (tertiary/aromatic N) is 1. The second-order valence-electron chi connectivity index (χ2n) is 5.90. The van der Waals surface area contributed by atoms with E-state index >= 15 is 0 Å². The Balaban J connectivity index is 2.14. The Labute approximate surface area is 95.4 Å². The molecule has 2 heteroatoms. The van der Waals surface area contributed by atoms with Gasteiger partial charge in [-0.2, -0.15) is 0 Å². The zero-order valence-corrected chi connectivity index (χ0v) is 11.1. The molecule has 0 aliphatic heterocycles. The highest BCUT2D eigenvalue weighted by atomic mass is 15.2. The first-order valence-corrected chi connectivity index (χ1v) is 6.42. The zero-order valence-electron chi connectivity index (χ0n) is 11.1. The molecular weight excluding hydrogens is 184 g/mol. The molecule has 0 radical (unpaired) electrons. The van der Waals surface area contributed by atoms with Gasteiger partial charge in [-0.3, -0.25) is 4.90 Å². The molecule has 1 rings (SSSR count). The summed E-state index contributed by atoms with van der Waals surface area (Å²) in [6.07, 6.45) is 2.84. The van der Waals surface area contributed by atoms with Crippen molar-refractivity contribution in [2.24, 2.45) is 5.41 Å². The Hall–Kier alpha value is -0.0800. The van der Waals surface area contributed by atoms with Crippen molar-refractivity contribution in [2.45, 2.75) is 59.5 Å². The molecule has 1 N–H and O–H groups in total. The molecule has 0 aromatic heterocycles. The highest BCUT2D eigenvalue weighted by molar-refractivity contribution is 4.84. The molecule has 0 heterocycles. The molecule has 1 saturated carbocycles. The maximum Gasteiger partial charge on any atom is 0.0110 e. The lowest BCUT2D eigenvalue weighted by atomic mass is 9.88. The first kappa shape index (κ1) is 13.0. The summed E-state index contributed by atoms with van der Waals surface area (Å²) in [5.41, 5.74) is 0.372. The largest absolute Gasteiger partial charge is 0.312 e. The fourth-order valence-corrected chi connectivity index (χ4v) is 1.77. The topological polar surface area (TPSA) is 15.3 Å². The summed E-state index contributed by atoms with van der Waals surface area (Å²) in [6, 6.07) is 1.50. The molecule has 0 amide bonds. The Morgan fingerprint density at radius 2 is 1.93 bits per heavy atom. The Bertz CT molecular complexity index is 177. The van der Waals surface area contributed by atoms with E-state index in [1.165, 1.54) is 25.9 Å². The van der Waals surface area contributed by atoms with Gasteiger partial charge in [0.05, 0.1) is 0 Å². The van der Waals surface area contributed by atoms with Crippen LogP contribution in [0.5, 0.6) is 0 Å². The van der Waals surface area contributed by atoms with Gasteiger partial charge in [0, 0.05) is 25.2 Å². The van der Waals surface area contributed by atoms with Gasteiger partial charge in [0.1, 0.15) is 0 Å². The second kappa shape index (κ2) is 5.31. The van der Waals surface area contributed by atoms with Crippen molar-refractivity contribution in [1.29, 1.82) is 0 Å². The molecule has 0 saturated heterocycles. The maximum absolute atomic E-state index is 3.63. The molecule has 1 aliphatic carbocycles. The predicted octanol–water partition coefficient (Wildman–Crippen LogP) is 2.49. The summed E-state index contributed by atoms with van der Waals surface area (Å²) < 4.78 is 0. The summed E-state index contributed by atoms with van der Waals surface area (Å²) in [5.74, 6) is 0. The third-order valence-corrected chi connectivity index (χ3v) is 3.62. The average molecular weight is 212 g/mol. The maximum atomic E-state index is 3.63. The van der Waals surface area contributed by atoms with E-state index in [1.54, 1.807) is 0 Å². The molecule has 90 valence electrons. The van der Waals surface area contributed by atoms with E-state index in [0.717, 1.165) is 12.6 Å². The minimum Gasteiger partial charge on any atom is -0.312 e. The SMILES string of the molecule is CCN(CCNC(C)C(C)(C)C)C1CC1. The van der Waals surface area contributed by atoms with Crippen LogP contribution in [0.1, 0.15) is 47.5 Å². The van der Waals surface area contributed by atoms with E-state index in [2.05, 4.69) is 44.8 Å². The van der Waals surface area contributed by atoms with Crippen molar-refractivity contribution in [3.8, 4) is 0 Å². The lowest BCUT2D eigenvalue weighted by molar-refractivity contribution is 0.243. The van der Waals surface area contributed by atoms with E-state index in [-0.39, 0.29) is 0 Å². The van der Waals surface area contributed by atoms with Gasteiger partial charge < -0.3 is 5.32 Å². The lowest BCUT2D eigenvalue weighted by Gasteiger charge is -2.29. The van der Waals surface area contributed by atoms with Crippen LogP contribution >= 0.6 is 0 Å². The van der Waals surface area contributed by atoms with E-state index in [9.17, 15) is 0 Å². The number of hydrogen-bond acceptors (Lipinski definition) is 2. The van der Waals surface area contributed by atoms with E-state index in [0.29, 0.717) is 11.5 Å². The van der Waals surface area contributed by atoms with Crippen LogP contribution in [-0.4, -0.2) is 36.6 Å². The Kier molecular flexibility index (Phi) is 4.60. The molecule has 1 unspecified atom stereocenters. The van der Waals surface area contributed by atoms with Crippen molar-refractivity contribution in [1.82, 2.24) is 10.2 Å². The molecule has 2 nitrogen and oxygen atoms in total. The molecule has 1 atom stereocenters. The number of likely N-dealkylation sites (N-methyl/N-ethyl adjacent to an activating group) is 1. The summed E-state index contributed by atoms with van der Waals surface area (Å²) in [5, 5.41) is 3.63. The molecule has 0 aromatic carbocycles. The van der Waals surface area contributed by atoms with Gasteiger partial charge in [-0.25, -0.2) is 0 Å². The van der Waals surface area contributed by atoms with Crippen LogP contribution < -0.4 is 5.32 Å². The average Bonchev–Trinajstić information content (AvgIpc) is 2.93. The number of rotatable bonds is 6. The fraction of sp³-hybridized carbons (Fsp3) is 1.00. The zero-order chi connectivity index (χ0) is 11.5. The van der Waals surface area contributed by atoms with Crippen molar-refractivity contribution in [3.05, 3.63) is 0 Å². The first-order valence-electron chi connectivity index (χ1n) is 6.42. The minimum atomic E-state index is 0.372. The van der Waals surface area contributed by atoms with Crippen LogP contribution in [0, 0.1) is 5.41 Å². The van der Waals surface area contributed by atoms with Crippen LogP contribution in [0.3, 0.4) is 0 Å². The van der Waals surface area contributed by atoms with E-state index in [1.807, 2.05) is 0 Å². The molecule has 0 spiro atoms. The third-order valence-electron chi connectivity index (χ3n) is 3.62. The highest BCUT2D eigenvalue weighted by Crippen LogP contribution is 2.26. The first-order chi connectivity index (χ1) is 6.95. The van der Waals surface area contributed by atoms with Crippen molar-refractivity contribution >= 4 is 0 Å². The van der Waals surface area contributed by atoms with Crippen LogP contribution in [0.4, 0.5) is 0 Å². The quantitative estimate of drug-likeness (QED) is 0.728. The predicted molar refractivity (Wildman–Crippen MR) is 67.2 cm³/mol. The van der Waals surface area contributed by atoms with Crippen LogP contribution in [0.2, 0.25) is 0 Å². The standard InChI is InChI=1S/C13H28N2/c1-6-15(12-7-8-12)10-9-14-11(2)13(3,4)5/h11-12,14H,6-10H2,1-5H3. The molecular formula is C13H28N2. The van der Waals surface area contributed by atoms with Gasteiger partial charge in [0.2, 0.25) is 0 Å². The van der Waals surface area contributed by atoms with E-state index < -0.39 is 0 Å². The molecule has 1 fully saturated rings. The van der Waals surface area contributed by atoms with Crippen molar-refractivity contribution < 1.29 is 0 Å². The Morgan fingerprint density at radius 3 is 2.33 bits per heavy atom. The normalized spacial score (nSPS) is 19.6. The third kappa shape index (κ3) is 4.52. The fourth-order valence-electron chi connectivity index (χ4n) is 1.77. The number of hydrogen-bond donors (Lipinski definition) is 1.